The van der Waals surface area contributed by atoms with Crippen LogP contribution < -0.4 is 5.73 Å². The highest BCUT2D eigenvalue weighted by atomic mass is 31.2. The molecular weight excluding hydrogens is 770 g/mol. The standard InChI is InChI=1S/C51H92NO7P/c1-3-5-7-9-11-13-15-17-19-21-23-24-25-27-29-31-33-35-37-39-41-43-46-56-48-50(49-58-60(54,55)57-47-45-52)59-51(53)44-42-40-38-36-34-32-30-28-26-22-20-18-16-14-12-10-8-6-4-2/h5,7,11-14,17-20,23-24,50H,3-4,6,8-10,15-16,21-22,25-49,52H2,1-2H3,(H,54,55)/b7-5-,13-11-,14-12-,19-17-,20-18-,24-23-. The second kappa shape index (κ2) is 48.0. The van der Waals surface area contributed by atoms with Gasteiger partial charge in [0.1, 0.15) is 6.10 Å². The van der Waals surface area contributed by atoms with Gasteiger partial charge in [-0.3, -0.25) is 13.8 Å². The van der Waals surface area contributed by atoms with E-state index < -0.39 is 13.9 Å². The molecule has 0 rings (SSSR count). The highest BCUT2D eigenvalue weighted by molar-refractivity contribution is 7.47. The number of allylic oxidation sites excluding steroid dienone is 12. The van der Waals surface area contributed by atoms with Crippen LogP contribution in [0.3, 0.4) is 0 Å². The molecule has 8 nitrogen and oxygen atoms in total. The molecule has 9 heteroatoms. The third kappa shape index (κ3) is 47.0. The van der Waals surface area contributed by atoms with Crippen molar-refractivity contribution in [1.82, 2.24) is 0 Å². The lowest BCUT2D eigenvalue weighted by atomic mass is 10.1. The number of phosphoric ester groups is 1. The summed E-state index contributed by atoms with van der Waals surface area (Å²) in [7, 11) is -4.29. The van der Waals surface area contributed by atoms with E-state index >= 15 is 0 Å². The van der Waals surface area contributed by atoms with Crippen molar-refractivity contribution in [3.63, 3.8) is 0 Å². The van der Waals surface area contributed by atoms with Gasteiger partial charge in [0.05, 0.1) is 19.8 Å². The van der Waals surface area contributed by atoms with E-state index in [1.165, 1.54) is 122 Å². The molecule has 0 heterocycles. The molecule has 0 aromatic rings. The average molecular weight is 862 g/mol. The van der Waals surface area contributed by atoms with Crippen LogP contribution >= 0.6 is 7.82 Å². The molecule has 348 valence electrons. The van der Waals surface area contributed by atoms with Crippen molar-refractivity contribution in [3.05, 3.63) is 72.9 Å². The lowest BCUT2D eigenvalue weighted by Gasteiger charge is -2.20. The zero-order valence-corrected chi connectivity index (χ0v) is 39.6. The molecule has 0 saturated carbocycles. The summed E-state index contributed by atoms with van der Waals surface area (Å²) < 4.78 is 33.6. The Morgan fingerprint density at radius 2 is 0.933 bits per heavy atom. The van der Waals surface area contributed by atoms with Crippen LogP contribution in [0, 0.1) is 0 Å². The maximum atomic E-state index is 12.6. The van der Waals surface area contributed by atoms with Crippen LogP contribution in [0.1, 0.15) is 206 Å². The van der Waals surface area contributed by atoms with Crippen molar-refractivity contribution in [3.8, 4) is 0 Å². The van der Waals surface area contributed by atoms with Crippen LogP contribution in [0.25, 0.3) is 0 Å². The fraction of sp³-hybridized carbons (Fsp3) is 0.745. The van der Waals surface area contributed by atoms with Crippen LogP contribution in [0.2, 0.25) is 0 Å². The summed E-state index contributed by atoms with van der Waals surface area (Å²) in [6.45, 7) is 4.77. The Labute approximate surface area is 369 Å². The highest BCUT2D eigenvalue weighted by Gasteiger charge is 2.25. The first kappa shape index (κ1) is 57.9. The summed E-state index contributed by atoms with van der Waals surface area (Å²) in [5.74, 6) is -0.338. The number of carbonyl (C=O) groups excluding carboxylic acids is 1. The summed E-state index contributed by atoms with van der Waals surface area (Å²) in [5, 5.41) is 0. The van der Waals surface area contributed by atoms with Crippen molar-refractivity contribution in [2.24, 2.45) is 5.73 Å². The Balaban J connectivity index is 3.99. The fourth-order valence-electron chi connectivity index (χ4n) is 6.55. The number of hydrogen-bond donors (Lipinski definition) is 2. The quantitative estimate of drug-likeness (QED) is 0.0269. The van der Waals surface area contributed by atoms with E-state index in [1.807, 2.05) is 0 Å². The maximum Gasteiger partial charge on any atom is 0.472 e. The fourth-order valence-corrected chi connectivity index (χ4v) is 7.31. The Bertz CT molecular complexity index is 1150. The average Bonchev–Trinajstić information content (AvgIpc) is 3.24. The molecule has 3 N–H and O–H groups in total. The van der Waals surface area contributed by atoms with Gasteiger partial charge < -0.3 is 20.1 Å². The molecule has 0 amide bonds. The zero-order chi connectivity index (χ0) is 43.7. The monoisotopic (exact) mass is 862 g/mol. The molecule has 2 unspecified atom stereocenters. The minimum atomic E-state index is -4.29. The number of ether oxygens (including phenoxy) is 2. The molecule has 0 spiro atoms. The molecule has 0 bridgehead atoms. The van der Waals surface area contributed by atoms with Crippen molar-refractivity contribution in [2.45, 2.75) is 213 Å². The van der Waals surface area contributed by atoms with Gasteiger partial charge in [0.2, 0.25) is 0 Å². The molecule has 0 radical (unpaired) electrons. The summed E-state index contributed by atoms with van der Waals surface area (Å²) in [5.41, 5.74) is 5.38. The number of phosphoric acid groups is 1. The van der Waals surface area contributed by atoms with E-state index in [2.05, 4.69) is 86.8 Å². The van der Waals surface area contributed by atoms with Gasteiger partial charge in [0.15, 0.2) is 0 Å². The van der Waals surface area contributed by atoms with Gasteiger partial charge in [-0.15, -0.1) is 0 Å². The van der Waals surface area contributed by atoms with Crippen LogP contribution in [0.4, 0.5) is 0 Å². The largest absolute Gasteiger partial charge is 0.472 e. The molecule has 2 atom stereocenters. The molecule has 60 heavy (non-hydrogen) atoms. The van der Waals surface area contributed by atoms with Gasteiger partial charge >= 0.3 is 13.8 Å². The molecule has 0 aromatic heterocycles. The molecule has 0 saturated heterocycles. The van der Waals surface area contributed by atoms with Gasteiger partial charge in [-0.25, -0.2) is 4.57 Å². The topological polar surface area (TPSA) is 117 Å². The minimum absolute atomic E-state index is 0.0955. The second-order valence-electron chi connectivity index (χ2n) is 15.9. The van der Waals surface area contributed by atoms with Crippen LogP contribution in [-0.4, -0.2) is 49.9 Å². The van der Waals surface area contributed by atoms with Gasteiger partial charge in [0.25, 0.3) is 0 Å². The summed E-state index contributed by atoms with van der Waals surface area (Å²) in [4.78, 5) is 22.6. The Hall–Kier alpha value is -2.06. The first-order valence-electron chi connectivity index (χ1n) is 24.4. The minimum Gasteiger partial charge on any atom is -0.457 e. The predicted octanol–water partition coefficient (Wildman–Crippen LogP) is 15.1. The third-order valence-corrected chi connectivity index (χ3v) is 11.1. The highest BCUT2D eigenvalue weighted by Crippen LogP contribution is 2.43. The lowest BCUT2D eigenvalue weighted by Crippen LogP contribution is -2.28. The summed E-state index contributed by atoms with van der Waals surface area (Å²) >= 11 is 0. The van der Waals surface area contributed by atoms with E-state index in [0.29, 0.717) is 13.0 Å². The molecule has 0 fully saturated rings. The van der Waals surface area contributed by atoms with E-state index in [0.717, 1.165) is 64.2 Å². The predicted molar refractivity (Wildman–Crippen MR) is 256 cm³/mol. The number of esters is 1. The van der Waals surface area contributed by atoms with Gasteiger partial charge in [-0.1, -0.05) is 189 Å². The lowest BCUT2D eigenvalue weighted by molar-refractivity contribution is -0.154. The smallest absolute Gasteiger partial charge is 0.457 e. The van der Waals surface area contributed by atoms with E-state index in [1.54, 1.807) is 0 Å². The second-order valence-corrected chi connectivity index (χ2v) is 17.4. The first-order chi connectivity index (χ1) is 29.4. The summed E-state index contributed by atoms with van der Waals surface area (Å²) in [6, 6.07) is 0. The number of nitrogens with two attached hydrogens (primary N) is 1. The van der Waals surface area contributed by atoms with E-state index in [9.17, 15) is 14.3 Å². The Morgan fingerprint density at radius 1 is 0.517 bits per heavy atom. The third-order valence-electron chi connectivity index (χ3n) is 10.1. The van der Waals surface area contributed by atoms with Crippen LogP contribution in [0.5, 0.6) is 0 Å². The molecule has 0 aliphatic rings. The van der Waals surface area contributed by atoms with E-state index in [4.69, 9.17) is 24.3 Å². The SMILES string of the molecule is CC/C=C\C/C=C\C/C=C\C/C=C\CCCCCCCCCCCOCC(COP(=O)(O)OCCN)OC(=O)CCCCCCCCCCC/C=C\C/C=C\CCCCC. The molecular formula is C51H92NO7P. The van der Waals surface area contributed by atoms with Gasteiger partial charge in [-0.05, 0) is 83.5 Å². The van der Waals surface area contributed by atoms with E-state index in [-0.39, 0.29) is 32.3 Å². The van der Waals surface area contributed by atoms with Crippen LogP contribution in [-0.2, 0) is 27.9 Å². The van der Waals surface area contributed by atoms with Crippen molar-refractivity contribution in [1.29, 1.82) is 0 Å². The van der Waals surface area contributed by atoms with Gasteiger partial charge in [-0.2, -0.15) is 0 Å². The molecule has 0 aliphatic heterocycles. The van der Waals surface area contributed by atoms with Gasteiger partial charge in [0, 0.05) is 19.6 Å². The molecule has 0 aromatic carbocycles. The maximum absolute atomic E-state index is 12.6. The van der Waals surface area contributed by atoms with Crippen LogP contribution in [0.15, 0.2) is 72.9 Å². The number of rotatable bonds is 46. The first-order valence-corrected chi connectivity index (χ1v) is 25.9. The van der Waals surface area contributed by atoms with Crippen molar-refractivity contribution < 1.29 is 32.8 Å². The summed E-state index contributed by atoms with van der Waals surface area (Å²) in [6.07, 6.45) is 60.7. The van der Waals surface area contributed by atoms with Crippen molar-refractivity contribution in [2.75, 3.05) is 33.0 Å². The number of unbranched alkanes of at least 4 members (excludes halogenated alkanes) is 21. The zero-order valence-electron chi connectivity index (χ0n) is 38.7. The Kier molecular flexibility index (Phi) is 46.3. The normalized spacial score (nSPS) is 14.0. The number of carbonyl (C=O) groups is 1. The number of hydrogen-bond acceptors (Lipinski definition) is 7. The molecule has 0 aliphatic carbocycles. The van der Waals surface area contributed by atoms with Crippen molar-refractivity contribution >= 4 is 13.8 Å². The Morgan fingerprint density at radius 3 is 1.40 bits per heavy atom.